The summed E-state index contributed by atoms with van der Waals surface area (Å²) >= 11 is 0. The summed E-state index contributed by atoms with van der Waals surface area (Å²) in [6, 6.07) is 6.83. The molecule has 0 saturated heterocycles. The third kappa shape index (κ3) is 4.63. The first-order valence-corrected chi connectivity index (χ1v) is 7.52. The van der Waals surface area contributed by atoms with E-state index in [4.69, 9.17) is 13.9 Å². The van der Waals surface area contributed by atoms with Gasteiger partial charge in [0, 0.05) is 11.6 Å². The number of ether oxygens (including phenoxy) is 2. The lowest BCUT2D eigenvalue weighted by molar-refractivity contribution is -0.117. The van der Waals surface area contributed by atoms with Crippen LogP contribution < -0.4 is 20.3 Å². The van der Waals surface area contributed by atoms with Crippen LogP contribution in [0.2, 0.25) is 0 Å². The number of rotatable bonds is 5. The number of benzene rings is 1. The molecule has 1 heterocycles. The van der Waals surface area contributed by atoms with E-state index in [0.29, 0.717) is 34.1 Å². The lowest BCUT2D eigenvalue weighted by atomic mass is 10.1. The summed E-state index contributed by atoms with van der Waals surface area (Å²) in [6.07, 6.45) is 2.85. The predicted molar refractivity (Wildman–Crippen MR) is 92.4 cm³/mol. The Bertz CT molecular complexity index is 808. The summed E-state index contributed by atoms with van der Waals surface area (Å²) in [5, 5.41) is 0. The normalized spacial score (nSPS) is 10.6. The first kappa shape index (κ1) is 18.1. The molecule has 2 N–H and O–H groups in total. The van der Waals surface area contributed by atoms with Crippen molar-refractivity contribution >= 4 is 17.9 Å². The van der Waals surface area contributed by atoms with Gasteiger partial charge in [0.1, 0.15) is 23.0 Å². The topological polar surface area (TPSA) is 89.8 Å². The van der Waals surface area contributed by atoms with E-state index in [1.54, 1.807) is 51.3 Å². The summed E-state index contributed by atoms with van der Waals surface area (Å²) in [5.74, 6) is 1.41. The molecule has 0 atom stereocenters. The zero-order chi connectivity index (χ0) is 18.4. The van der Waals surface area contributed by atoms with Gasteiger partial charge in [0.25, 0.3) is 11.8 Å². The number of amides is 2. The Balaban J connectivity index is 1.99. The summed E-state index contributed by atoms with van der Waals surface area (Å²) in [5.41, 5.74) is 5.69. The van der Waals surface area contributed by atoms with Crippen LogP contribution in [-0.2, 0) is 4.79 Å². The van der Waals surface area contributed by atoms with Crippen molar-refractivity contribution in [1.29, 1.82) is 0 Å². The van der Waals surface area contributed by atoms with Crippen molar-refractivity contribution in [2.75, 3.05) is 14.2 Å². The van der Waals surface area contributed by atoms with Crippen LogP contribution in [0.1, 0.15) is 27.4 Å². The van der Waals surface area contributed by atoms with Crippen molar-refractivity contribution in [1.82, 2.24) is 10.9 Å². The van der Waals surface area contributed by atoms with Gasteiger partial charge in [-0.25, -0.2) is 0 Å². The molecule has 132 valence electrons. The highest BCUT2D eigenvalue weighted by Crippen LogP contribution is 2.24. The Hall–Kier alpha value is -3.22. The maximum Gasteiger partial charge on any atom is 0.273 e. The van der Waals surface area contributed by atoms with Gasteiger partial charge in [-0.15, -0.1) is 0 Å². The fourth-order valence-corrected chi connectivity index (χ4v) is 2.22. The molecule has 7 nitrogen and oxygen atoms in total. The molecule has 1 aromatic carbocycles. The minimum atomic E-state index is -0.490. The van der Waals surface area contributed by atoms with Gasteiger partial charge in [-0.05, 0) is 44.2 Å². The zero-order valence-corrected chi connectivity index (χ0v) is 14.5. The molecular formula is C18H20N2O5. The summed E-state index contributed by atoms with van der Waals surface area (Å²) in [4.78, 5) is 23.9. The smallest absolute Gasteiger partial charge is 0.273 e. The van der Waals surface area contributed by atoms with E-state index in [9.17, 15) is 9.59 Å². The molecule has 2 rings (SSSR count). The molecule has 0 radical (unpaired) electrons. The molecule has 0 aliphatic rings. The molecule has 0 spiro atoms. The monoisotopic (exact) mass is 344 g/mol. The number of hydrogen-bond acceptors (Lipinski definition) is 5. The maximum atomic E-state index is 12.0. The second-order valence-electron chi connectivity index (χ2n) is 5.21. The van der Waals surface area contributed by atoms with Crippen LogP contribution >= 0.6 is 0 Å². The van der Waals surface area contributed by atoms with Crippen LogP contribution in [-0.4, -0.2) is 26.0 Å². The highest BCUT2D eigenvalue weighted by atomic mass is 16.5. The fourth-order valence-electron chi connectivity index (χ4n) is 2.22. The van der Waals surface area contributed by atoms with Crippen molar-refractivity contribution in [3.63, 3.8) is 0 Å². The van der Waals surface area contributed by atoms with Crippen LogP contribution in [0.4, 0.5) is 0 Å². The van der Waals surface area contributed by atoms with Crippen molar-refractivity contribution in [2.45, 2.75) is 13.8 Å². The highest BCUT2D eigenvalue weighted by Gasteiger charge is 2.13. The number of nitrogens with one attached hydrogen (secondary N) is 2. The van der Waals surface area contributed by atoms with E-state index in [0.717, 1.165) is 0 Å². The van der Waals surface area contributed by atoms with Crippen LogP contribution in [0.3, 0.4) is 0 Å². The molecule has 0 unspecified atom stereocenters. The van der Waals surface area contributed by atoms with Gasteiger partial charge >= 0.3 is 0 Å². The SMILES string of the molecule is COc1ccc(OC)c(/C=C/C(=O)NNC(=O)c2cc(C)oc2C)c1. The van der Waals surface area contributed by atoms with Crippen LogP contribution in [0.25, 0.3) is 6.08 Å². The van der Waals surface area contributed by atoms with Gasteiger partial charge < -0.3 is 13.9 Å². The lowest BCUT2D eigenvalue weighted by Crippen LogP contribution is -2.40. The van der Waals surface area contributed by atoms with E-state index in [-0.39, 0.29) is 0 Å². The van der Waals surface area contributed by atoms with Gasteiger partial charge in [0.2, 0.25) is 0 Å². The Morgan fingerprint density at radius 1 is 1.08 bits per heavy atom. The largest absolute Gasteiger partial charge is 0.497 e. The van der Waals surface area contributed by atoms with Gasteiger partial charge in [-0.2, -0.15) is 0 Å². The minimum Gasteiger partial charge on any atom is -0.497 e. The first-order chi connectivity index (χ1) is 11.9. The van der Waals surface area contributed by atoms with Gasteiger partial charge in [0.15, 0.2) is 0 Å². The van der Waals surface area contributed by atoms with E-state index in [1.165, 1.54) is 13.2 Å². The average Bonchev–Trinajstić information content (AvgIpc) is 2.95. The van der Waals surface area contributed by atoms with E-state index >= 15 is 0 Å². The van der Waals surface area contributed by atoms with Gasteiger partial charge in [-0.1, -0.05) is 0 Å². The first-order valence-electron chi connectivity index (χ1n) is 7.52. The molecule has 2 amide bonds. The van der Waals surface area contributed by atoms with Crippen LogP contribution in [0, 0.1) is 13.8 Å². The molecule has 7 heteroatoms. The molecule has 0 saturated carbocycles. The van der Waals surface area contributed by atoms with Crippen molar-refractivity contribution < 1.29 is 23.5 Å². The molecule has 0 aliphatic heterocycles. The standard InChI is InChI=1S/C18H20N2O5/c1-11-9-15(12(2)25-11)18(22)20-19-17(21)8-5-13-10-14(23-3)6-7-16(13)24-4/h5-10H,1-4H3,(H,19,21)(H,20,22)/b8-5+. The highest BCUT2D eigenvalue weighted by molar-refractivity contribution is 5.98. The lowest BCUT2D eigenvalue weighted by Gasteiger charge is -2.07. The summed E-state index contributed by atoms with van der Waals surface area (Å²) in [6.45, 7) is 3.42. The fraction of sp³-hybridized carbons (Fsp3) is 0.222. The van der Waals surface area contributed by atoms with Gasteiger partial charge in [-0.3, -0.25) is 20.4 Å². The summed E-state index contributed by atoms with van der Waals surface area (Å²) < 4.78 is 15.7. The molecule has 25 heavy (non-hydrogen) atoms. The van der Waals surface area contributed by atoms with E-state index in [1.807, 2.05) is 0 Å². The second kappa shape index (κ2) is 8.05. The molecule has 0 fully saturated rings. The molecule has 0 aliphatic carbocycles. The average molecular weight is 344 g/mol. The number of hydrogen-bond donors (Lipinski definition) is 2. The van der Waals surface area contributed by atoms with E-state index < -0.39 is 11.8 Å². The van der Waals surface area contributed by atoms with E-state index in [2.05, 4.69) is 10.9 Å². The summed E-state index contributed by atoms with van der Waals surface area (Å²) in [7, 11) is 3.09. The third-order valence-electron chi connectivity index (χ3n) is 3.44. The quantitative estimate of drug-likeness (QED) is 0.642. The van der Waals surface area contributed by atoms with Crippen molar-refractivity contribution in [3.05, 3.63) is 53.0 Å². The Morgan fingerprint density at radius 2 is 1.84 bits per heavy atom. The number of carbonyl (C=O) groups is 2. The van der Waals surface area contributed by atoms with Crippen LogP contribution in [0.5, 0.6) is 11.5 Å². The number of methoxy groups -OCH3 is 2. The van der Waals surface area contributed by atoms with Crippen molar-refractivity contribution in [2.24, 2.45) is 0 Å². The zero-order valence-electron chi connectivity index (χ0n) is 14.5. The van der Waals surface area contributed by atoms with Crippen molar-refractivity contribution in [3.8, 4) is 11.5 Å². The number of hydrazine groups is 1. The Labute approximate surface area is 145 Å². The maximum absolute atomic E-state index is 12.0. The Kier molecular flexibility index (Phi) is 5.84. The van der Waals surface area contributed by atoms with Crippen LogP contribution in [0.15, 0.2) is 34.8 Å². The van der Waals surface area contributed by atoms with Gasteiger partial charge in [0.05, 0.1) is 19.8 Å². The molecule has 2 aromatic rings. The molecular weight excluding hydrogens is 324 g/mol. The predicted octanol–water partition coefficient (Wildman–Crippen LogP) is 2.39. The molecule has 1 aromatic heterocycles. The molecule has 0 bridgehead atoms. The second-order valence-corrected chi connectivity index (χ2v) is 5.21. The third-order valence-corrected chi connectivity index (χ3v) is 3.44. The number of furan rings is 1. The minimum absolute atomic E-state index is 0.372. The number of aryl methyl sites for hydroxylation is 2. The number of carbonyl (C=O) groups excluding carboxylic acids is 2. The Morgan fingerprint density at radius 3 is 2.44 bits per heavy atom.